The fraction of sp³-hybridized carbons (Fsp3) is 0.154. The molecule has 104 valence electrons. The summed E-state index contributed by atoms with van der Waals surface area (Å²) < 4.78 is 22.6. The molecule has 7 heteroatoms. The van der Waals surface area contributed by atoms with Crippen molar-refractivity contribution >= 4 is 11.9 Å². The van der Waals surface area contributed by atoms with E-state index in [0.29, 0.717) is 5.56 Å². The molecular formula is C13H10FNO5. The highest BCUT2D eigenvalue weighted by atomic mass is 19.1. The number of esters is 1. The average molecular weight is 279 g/mol. The number of nitrogens with zero attached hydrogens (tertiary/aromatic N) is 1. The van der Waals surface area contributed by atoms with Gasteiger partial charge in [0.1, 0.15) is 16.8 Å². The fourth-order valence-electron chi connectivity index (χ4n) is 1.56. The number of ether oxygens (including phenoxy) is 1. The first-order valence-corrected chi connectivity index (χ1v) is 5.68. The number of hydrogen-bond acceptors (Lipinski definition) is 5. The second-order valence-electron chi connectivity index (χ2n) is 3.99. The summed E-state index contributed by atoms with van der Waals surface area (Å²) in [5.74, 6) is -2.01. The summed E-state index contributed by atoms with van der Waals surface area (Å²) in [6.07, 6.45) is -0.632. The van der Waals surface area contributed by atoms with Gasteiger partial charge < -0.3 is 9.15 Å². The Labute approximate surface area is 112 Å². The fourth-order valence-corrected chi connectivity index (χ4v) is 1.56. The predicted molar refractivity (Wildman–Crippen MR) is 65.6 cm³/mol. The molecule has 0 aliphatic carbocycles. The Morgan fingerprint density at radius 3 is 2.50 bits per heavy atom. The standard InChI is InChI=1S/C13H10FNO5/c1-8(9-2-4-10(14)5-3-9)19-13(16)11-6-7-12(20-11)15(17)18/h2-8H,1H3. The van der Waals surface area contributed by atoms with Crippen LogP contribution in [0.5, 0.6) is 0 Å². The van der Waals surface area contributed by atoms with Gasteiger partial charge in [0, 0.05) is 0 Å². The molecule has 1 atom stereocenters. The largest absolute Gasteiger partial charge is 0.452 e. The van der Waals surface area contributed by atoms with Crippen LogP contribution in [0.25, 0.3) is 0 Å². The van der Waals surface area contributed by atoms with Gasteiger partial charge >= 0.3 is 11.9 Å². The Hall–Kier alpha value is -2.70. The minimum atomic E-state index is -0.824. The third kappa shape index (κ3) is 3.00. The molecule has 0 aliphatic rings. The number of benzene rings is 1. The Kier molecular flexibility index (Phi) is 3.79. The zero-order valence-corrected chi connectivity index (χ0v) is 10.4. The molecule has 0 spiro atoms. The molecule has 0 amide bonds. The summed E-state index contributed by atoms with van der Waals surface area (Å²) in [4.78, 5) is 21.4. The summed E-state index contributed by atoms with van der Waals surface area (Å²) in [6.45, 7) is 1.60. The van der Waals surface area contributed by atoms with Crippen molar-refractivity contribution in [1.82, 2.24) is 0 Å². The molecule has 20 heavy (non-hydrogen) atoms. The lowest BCUT2D eigenvalue weighted by Crippen LogP contribution is -2.08. The minimum absolute atomic E-state index is 0.259. The van der Waals surface area contributed by atoms with Gasteiger partial charge in [-0.15, -0.1) is 0 Å². The summed E-state index contributed by atoms with van der Waals surface area (Å²) in [6, 6.07) is 7.70. The second-order valence-corrected chi connectivity index (χ2v) is 3.99. The highest BCUT2D eigenvalue weighted by Crippen LogP contribution is 2.21. The second kappa shape index (κ2) is 5.52. The minimum Gasteiger partial charge on any atom is -0.452 e. The van der Waals surface area contributed by atoms with E-state index >= 15 is 0 Å². The molecule has 0 saturated heterocycles. The molecule has 1 heterocycles. The molecule has 0 N–H and O–H groups in total. The maximum absolute atomic E-state index is 12.8. The van der Waals surface area contributed by atoms with Crippen LogP contribution in [0.15, 0.2) is 40.8 Å². The molecule has 2 rings (SSSR count). The maximum atomic E-state index is 12.8. The topological polar surface area (TPSA) is 82.6 Å². The van der Waals surface area contributed by atoms with Crippen LogP contribution in [-0.4, -0.2) is 10.9 Å². The Morgan fingerprint density at radius 2 is 1.95 bits per heavy atom. The molecule has 0 bridgehead atoms. The van der Waals surface area contributed by atoms with E-state index in [4.69, 9.17) is 9.15 Å². The van der Waals surface area contributed by atoms with Gasteiger partial charge in [0.25, 0.3) is 0 Å². The van der Waals surface area contributed by atoms with E-state index in [9.17, 15) is 19.3 Å². The molecule has 0 saturated carbocycles. The Morgan fingerprint density at radius 1 is 1.30 bits per heavy atom. The SMILES string of the molecule is CC(OC(=O)c1ccc([N+](=O)[O-])o1)c1ccc(F)cc1. The van der Waals surface area contributed by atoms with Crippen molar-refractivity contribution in [2.24, 2.45) is 0 Å². The lowest BCUT2D eigenvalue weighted by atomic mass is 10.1. The van der Waals surface area contributed by atoms with Gasteiger partial charge in [0.15, 0.2) is 0 Å². The smallest absolute Gasteiger partial charge is 0.433 e. The number of carbonyl (C=O) groups is 1. The number of hydrogen-bond donors (Lipinski definition) is 0. The summed E-state index contributed by atoms with van der Waals surface area (Å²) in [5.41, 5.74) is 0.598. The van der Waals surface area contributed by atoms with Crippen molar-refractivity contribution in [3.63, 3.8) is 0 Å². The van der Waals surface area contributed by atoms with Crippen LogP contribution < -0.4 is 0 Å². The molecule has 0 aliphatic heterocycles. The lowest BCUT2D eigenvalue weighted by molar-refractivity contribution is -0.402. The van der Waals surface area contributed by atoms with E-state index in [-0.39, 0.29) is 5.76 Å². The van der Waals surface area contributed by atoms with Gasteiger partial charge in [0.05, 0.1) is 6.07 Å². The van der Waals surface area contributed by atoms with Crippen LogP contribution in [0.3, 0.4) is 0 Å². The van der Waals surface area contributed by atoms with Crippen molar-refractivity contribution in [3.8, 4) is 0 Å². The normalized spacial score (nSPS) is 11.9. The van der Waals surface area contributed by atoms with Gasteiger partial charge in [-0.25, -0.2) is 9.18 Å². The maximum Gasteiger partial charge on any atom is 0.433 e. The van der Waals surface area contributed by atoms with Gasteiger partial charge in [-0.3, -0.25) is 10.1 Å². The number of carbonyl (C=O) groups excluding carboxylic acids is 1. The molecular weight excluding hydrogens is 269 g/mol. The zero-order chi connectivity index (χ0) is 14.7. The van der Waals surface area contributed by atoms with Crippen LogP contribution in [0.2, 0.25) is 0 Å². The molecule has 1 aromatic heterocycles. The van der Waals surface area contributed by atoms with Gasteiger partial charge in [-0.1, -0.05) is 12.1 Å². The third-order valence-corrected chi connectivity index (χ3v) is 2.60. The van der Waals surface area contributed by atoms with E-state index in [1.165, 1.54) is 24.3 Å². The van der Waals surface area contributed by atoms with Crippen LogP contribution in [-0.2, 0) is 4.74 Å². The van der Waals surface area contributed by atoms with Gasteiger partial charge in [-0.05, 0) is 30.7 Å². The zero-order valence-electron chi connectivity index (χ0n) is 10.4. The van der Waals surface area contributed by atoms with Crippen molar-refractivity contribution < 1.29 is 23.3 Å². The van der Waals surface area contributed by atoms with Crippen LogP contribution in [0.4, 0.5) is 10.3 Å². The number of halogens is 1. The first-order valence-electron chi connectivity index (χ1n) is 5.68. The van der Waals surface area contributed by atoms with Crippen LogP contribution in [0.1, 0.15) is 29.1 Å². The Balaban J connectivity index is 2.06. The van der Waals surface area contributed by atoms with E-state index in [2.05, 4.69) is 0 Å². The number of furan rings is 1. The molecule has 0 radical (unpaired) electrons. The highest BCUT2D eigenvalue weighted by Gasteiger charge is 2.20. The van der Waals surface area contributed by atoms with E-state index in [1.54, 1.807) is 6.92 Å². The van der Waals surface area contributed by atoms with E-state index < -0.39 is 28.7 Å². The summed E-state index contributed by atoms with van der Waals surface area (Å²) in [7, 11) is 0. The van der Waals surface area contributed by atoms with Gasteiger partial charge in [-0.2, -0.15) is 0 Å². The van der Waals surface area contributed by atoms with Crippen LogP contribution in [0, 0.1) is 15.9 Å². The average Bonchev–Trinajstić information content (AvgIpc) is 2.89. The molecule has 0 fully saturated rings. The summed E-state index contributed by atoms with van der Waals surface area (Å²) >= 11 is 0. The van der Waals surface area contributed by atoms with E-state index in [0.717, 1.165) is 12.1 Å². The quantitative estimate of drug-likeness (QED) is 0.487. The third-order valence-electron chi connectivity index (χ3n) is 2.60. The number of nitro groups is 1. The molecule has 1 unspecified atom stereocenters. The van der Waals surface area contributed by atoms with E-state index in [1.807, 2.05) is 0 Å². The Bertz CT molecular complexity index is 634. The highest BCUT2D eigenvalue weighted by molar-refractivity contribution is 5.86. The van der Waals surface area contributed by atoms with Crippen molar-refractivity contribution in [2.75, 3.05) is 0 Å². The molecule has 6 nitrogen and oxygen atoms in total. The number of rotatable bonds is 4. The lowest BCUT2D eigenvalue weighted by Gasteiger charge is -2.12. The predicted octanol–water partition coefficient (Wildman–Crippen LogP) is 3.24. The van der Waals surface area contributed by atoms with Gasteiger partial charge in [0.2, 0.25) is 5.76 Å². The first-order chi connectivity index (χ1) is 9.47. The summed E-state index contributed by atoms with van der Waals surface area (Å²) in [5, 5.41) is 10.4. The van der Waals surface area contributed by atoms with Crippen LogP contribution >= 0.6 is 0 Å². The monoisotopic (exact) mass is 279 g/mol. The van der Waals surface area contributed by atoms with Crippen molar-refractivity contribution in [3.05, 3.63) is 63.7 Å². The molecule has 1 aromatic carbocycles. The molecule has 2 aromatic rings. The first kappa shape index (κ1) is 13.7. The van der Waals surface area contributed by atoms with Crippen molar-refractivity contribution in [1.29, 1.82) is 0 Å². The van der Waals surface area contributed by atoms with Crippen molar-refractivity contribution in [2.45, 2.75) is 13.0 Å².